The normalized spacial score (nSPS) is 24.1. The third kappa shape index (κ3) is 5.72. The van der Waals surface area contributed by atoms with E-state index in [1.54, 1.807) is 0 Å². The highest BCUT2D eigenvalue weighted by molar-refractivity contribution is 5.81. The largest absolute Gasteiger partial charge is 0.340 e. The molecule has 2 amide bonds. The van der Waals surface area contributed by atoms with Gasteiger partial charge < -0.3 is 19.8 Å². The van der Waals surface area contributed by atoms with Crippen LogP contribution in [0.15, 0.2) is 122 Å². The summed E-state index contributed by atoms with van der Waals surface area (Å²) in [5, 5.41) is 0. The first-order valence-electron chi connectivity index (χ1n) is 18.6. The number of nitrogens with zero attached hydrogens (tertiary/aromatic N) is 4. The van der Waals surface area contributed by atoms with Crippen molar-refractivity contribution < 1.29 is 9.59 Å². The number of hydrogen-bond acceptors (Lipinski definition) is 4. The van der Waals surface area contributed by atoms with E-state index in [1.807, 2.05) is 73.1 Å². The molecular formula is C44H40N6O2. The van der Waals surface area contributed by atoms with Crippen LogP contribution in [-0.2, 0) is 22.4 Å². The zero-order valence-electron chi connectivity index (χ0n) is 28.9. The number of H-pyrrole nitrogens is 2. The van der Waals surface area contributed by atoms with Crippen LogP contribution in [0.4, 0.5) is 0 Å². The Morgan fingerprint density at radius 1 is 0.519 bits per heavy atom. The van der Waals surface area contributed by atoms with Crippen LogP contribution in [0.2, 0.25) is 0 Å². The zero-order valence-corrected chi connectivity index (χ0v) is 28.9. The number of carbonyl (C=O) groups is 2. The van der Waals surface area contributed by atoms with E-state index in [0.29, 0.717) is 36.8 Å². The van der Waals surface area contributed by atoms with E-state index in [1.165, 1.54) is 0 Å². The Hall–Kier alpha value is -5.76. The fraction of sp³-hybridized carbons (Fsp3) is 0.273. The van der Waals surface area contributed by atoms with E-state index >= 15 is 0 Å². The van der Waals surface area contributed by atoms with Crippen molar-refractivity contribution in [3.63, 3.8) is 0 Å². The summed E-state index contributed by atoms with van der Waals surface area (Å²) in [6.07, 6.45) is 8.81. The third-order valence-electron chi connectivity index (χ3n) is 11.7. The summed E-state index contributed by atoms with van der Waals surface area (Å²) in [7, 11) is 0. The van der Waals surface area contributed by atoms with Crippen LogP contribution in [-0.4, -0.2) is 53.6 Å². The van der Waals surface area contributed by atoms with Gasteiger partial charge >= 0.3 is 0 Å². The molecule has 4 aliphatic rings. The van der Waals surface area contributed by atoms with Crippen LogP contribution in [0.3, 0.4) is 0 Å². The highest BCUT2D eigenvalue weighted by atomic mass is 16.2. The molecule has 52 heavy (non-hydrogen) atoms. The third-order valence-corrected chi connectivity index (χ3v) is 11.7. The number of nitrogens with one attached hydrogen (secondary N) is 2. The molecule has 3 unspecified atom stereocenters. The molecule has 6 aromatic rings. The van der Waals surface area contributed by atoms with Gasteiger partial charge in [0.1, 0.15) is 11.6 Å². The fourth-order valence-electron chi connectivity index (χ4n) is 8.83. The maximum absolute atomic E-state index is 13.4. The monoisotopic (exact) mass is 684 g/mol. The topological polar surface area (TPSA) is 98.0 Å². The molecule has 0 bridgehead atoms. The van der Waals surface area contributed by atoms with Gasteiger partial charge in [0.15, 0.2) is 0 Å². The molecule has 2 aliphatic heterocycles. The summed E-state index contributed by atoms with van der Waals surface area (Å²) in [6, 6.07) is 37.8. The lowest BCUT2D eigenvalue weighted by Crippen LogP contribution is -2.35. The molecule has 8 heteroatoms. The zero-order chi connectivity index (χ0) is 34.8. The Balaban J connectivity index is 0.804. The molecule has 0 radical (unpaired) electrons. The van der Waals surface area contributed by atoms with Crippen LogP contribution in [0.1, 0.15) is 60.5 Å². The average molecular weight is 685 g/mol. The van der Waals surface area contributed by atoms with E-state index in [2.05, 4.69) is 68.3 Å². The molecule has 10 rings (SSSR count). The predicted octanol–water partition coefficient (Wildman–Crippen LogP) is 7.94. The highest BCUT2D eigenvalue weighted by Gasteiger charge is 2.55. The van der Waals surface area contributed by atoms with Gasteiger partial charge in [-0.1, -0.05) is 109 Å². The van der Waals surface area contributed by atoms with Gasteiger partial charge in [0, 0.05) is 12.1 Å². The molecule has 2 saturated heterocycles. The Morgan fingerprint density at radius 2 is 0.904 bits per heavy atom. The van der Waals surface area contributed by atoms with E-state index < -0.39 is 0 Å². The highest BCUT2D eigenvalue weighted by Crippen LogP contribution is 2.54. The van der Waals surface area contributed by atoms with Crippen molar-refractivity contribution in [3.8, 4) is 33.6 Å². The molecule has 4 aromatic carbocycles. The first kappa shape index (κ1) is 31.0. The summed E-state index contributed by atoms with van der Waals surface area (Å²) in [5.41, 5.74) is 8.42. The second kappa shape index (κ2) is 12.5. The van der Waals surface area contributed by atoms with Crippen molar-refractivity contribution in [3.05, 3.63) is 144 Å². The van der Waals surface area contributed by atoms with Crippen molar-refractivity contribution in [1.82, 2.24) is 29.7 Å². The maximum atomic E-state index is 13.4. The van der Waals surface area contributed by atoms with Crippen LogP contribution >= 0.6 is 0 Å². The second-order valence-electron chi connectivity index (χ2n) is 15.1. The van der Waals surface area contributed by atoms with Crippen molar-refractivity contribution in [2.45, 2.75) is 62.7 Å². The van der Waals surface area contributed by atoms with E-state index in [4.69, 9.17) is 9.97 Å². The van der Waals surface area contributed by atoms with Crippen LogP contribution in [0, 0.1) is 11.8 Å². The molecule has 2 aliphatic carbocycles. The Bertz CT molecular complexity index is 2080. The molecule has 6 atom stereocenters. The second-order valence-corrected chi connectivity index (χ2v) is 15.1. The molecule has 4 fully saturated rings. The summed E-state index contributed by atoms with van der Waals surface area (Å²) in [4.78, 5) is 47.7. The molecule has 2 saturated carbocycles. The fourth-order valence-corrected chi connectivity index (χ4v) is 8.83. The lowest BCUT2D eigenvalue weighted by molar-refractivity contribution is -0.133. The number of piperidine rings is 2. The minimum absolute atomic E-state index is 0.00212. The van der Waals surface area contributed by atoms with E-state index in [9.17, 15) is 9.59 Å². The van der Waals surface area contributed by atoms with Gasteiger partial charge in [-0.25, -0.2) is 9.97 Å². The van der Waals surface area contributed by atoms with E-state index in [0.717, 1.165) is 82.1 Å². The van der Waals surface area contributed by atoms with Crippen molar-refractivity contribution in [2.24, 2.45) is 11.8 Å². The first-order valence-corrected chi connectivity index (χ1v) is 18.6. The molecule has 2 aromatic heterocycles. The quantitative estimate of drug-likeness (QED) is 0.162. The number of likely N-dealkylation sites (tertiary alicyclic amines) is 2. The lowest BCUT2D eigenvalue weighted by atomic mass is 10.0. The lowest BCUT2D eigenvalue weighted by Gasteiger charge is -2.26. The molecule has 8 nitrogen and oxygen atoms in total. The van der Waals surface area contributed by atoms with Crippen LogP contribution in [0.5, 0.6) is 0 Å². The van der Waals surface area contributed by atoms with E-state index in [-0.39, 0.29) is 23.9 Å². The molecular weight excluding hydrogens is 645 g/mol. The smallest absolute Gasteiger partial charge is 0.227 e. The predicted molar refractivity (Wildman–Crippen MR) is 200 cm³/mol. The van der Waals surface area contributed by atoms with Crippen molar-refractivity contribution >= 4 is 11.8 Å². The van der Waals surface area contributed by atoms with Crippen molar-refractivity contribution in [1.29, 1.82) is 0 Å². The van der Waals surface area contributed by atoms with Gasteiger partial charge in [0.25, 0.3) is 0 Å². The Kier molecular flexibility index (Phi) is 7.44. The summed E-state index contributed by atoms with van der Waals surface area (Å²) in [5.74, 6) is 3.30. The van der Waals surface area contributed by atoms with Crippen LogP contribution < -0.4 is 0 Å². The van der Waals surface area contributed by atoms with Gasteiger partial charge in [-0.3, -0.25) is 9.59 Å². The van der Waals surface area contributed by atoms with Gasteiger partial charge in [-0.2, -0.15) is 0 Å². The SMILES string of the molecule is O=C(Cc1ccccc1)N1C(c2ncc(-c3ccc(-c4ccc(-c5cnc([C@@H]6C[C@H]7C[C@H]7N6C(=O)Cc6ccccc6)[nH]5)cc4)cc3)[nH]2)CC2CC21. The van der Waals surface area contributed by atoms with Crippen molar-refractivity contribution in [2.75, 3.05) is 0 Å². The molecule has 258 valence electrons. The average Bonchev–Trinajstić information content (AvgIpc) is 3.76. The maximum Gasteiger partial charge on any atom is 0.227 e. The number of aromatic amines is 2. The number of benzene rings is 4. The summed E-state index contributed by atoms with van der Waals surface area (Å²) >= 11 is 0. The van der Waals surface area contributed by atoms with Gasteiger partial charge in [-0.15, -0.1) is 0 Å². The van der Waals surface area contributed by atoms with Gasteiger partial charge in [0.05, 0.1) is 48.7 Å². The number of amides is 2. The number of fused-ring (bicyclic) bond motifs is 2. The minimum atomic E-state index is 0.00212. The van der Waals surface area contributed by atoms with Crippen LogP contribution in [0.25, 0.3) is 33.6 Å². The number of hydrogen-bond donors (Lipinski definition) is 2. The number of imidazole rings is 2. The minimum Gasteiger partial charge on any atom is -0.340 e. The van der Waals surface area contributed by atoms with Gasteiger partial charge in [0.2, 0.25) is 11.8 Å². The molecule has 0 spiro atoms. The Labute approximate surface area is 303 Å². The number of carbonyl (C=O) groups excluding carboxylic acids is 2. The first-order chi connectivity index (χ1) is 25.6. The summed E-state index contributed by atoms with van der Waals surface area (Å²) < 4.78 is 0. The molecule has 4 heterocycles. The number of rotatable bonds is 9. The Morgan fingerprint density at radius 3 is 1.31 bits per heavy atom. The number of aromatic nitrogens is 4. The van der Waals surface area contributed by atoms with Gasteiger partial charge in [-0.05, 0) is 70.9 Å². The summed E-state index contributed by atoms with van der Waals surface area (Å²) in [6.45, 7) is 0. The standard InChI is InChI=1S/C44H40N6O2/c51-41(19-27-7-3-1-4-8-27)49-37-21-33(37)23-39(49)43-45-25-35(47-43)31-15-11-29(12-16-31)30-13-17-32(18-14-30)36-26-46-44(48-36)40-24-34-22-38(34)50(40)42(52)20-28-9-5-2-6-10-28/h1-18,25-26,33-34,37-40H,19-24H2,(H,45,47)(H,46,48)/t33-,34?,37-,38?,39+,40?/m1/s1. The molecule has 2 N–H and O–H groups in total.